The van der Waals surface area contributed by atoms with Gasteiger partial charge >= 0.3 is 6.03 Å². The highest BCUT2D eigenvalue weighted by Crippen LogP contribution is 2.27. The minimum atomic E-state index is -0.885. The number of para-hydroxylation sites is 1. The SMILES string of the molecule is CCC(c1nc2ccccc2c(=O)n1-c1ccc(Cl)cc1)N(CC)C(=O)Nc1ccc(F)cc1F. The molecule has 1 heterocycles. The molecule has 1 unspecified atom stereocenters. The number of amides is 2. The third-order valence-electron chi connectivity index (χ3n) is 5.72. The second kappa shape index (κ2) is 10.2. The Bertz CT molecular complexity index is 1440. The molecule has 4 rings (SSSR count). The molecule has 6 nitrogen and oxygen atoms in total. The molecule has 1 atom stereocenters. The average Bonchev–Trinajstić information content (AvgIpc) is 2.85. The van der Waals surface area contributed by atoms with Crippen molar-refractivity contribution in [3.8, 4) is 5.69 Å². The molecule has 0 fully saturated rings. The van der Waals surface area contributed by atoms with Crippen LogP contribution in [0.1, 0.15) is 32.1 Å². The van der Waals surface area contributed by atoms with E-state index in [1.54, 1.807) is 55.5 Å². The number of nitrogens with zero attached hydrogens (tertiary/aromatic N) is 3. The van der Waals surface area contributed by atoms with Crippen molar-refractivity contribution < 1.29 is 13.6 Å². The summed E-state index contributed by atoms with van der Waals surface area (Å²) in [4.78, 5) is 33.0. The molecule has 9 heteroatoms. The first-order valence-corrected chi connectivity index (χ1v) is 11.5. The number of hydrogen-bond acceptors (Lipinski definition) is 3. The standard InChI is InChI=1S/C26H23ClF2N4O2/c1-3-23(32(4-2)26(35)31-22-14-11-17(28)15-20(22)29)24-30-21-8-6-5-7-19(21)25(34)33(24)18-12-9-16(27)10-13-18/h5-15,23H,3-4H2,1-2H3,(H,31,35). The van der Waals surface area contributed by atoms with Crippen LogP contribution in [0.5, 0.6) is 0 Å². The Morgan fingerprint density at radius 1 is 1.09 bits per heavy atom. The monoisotopic (exact) mass is 496 g/mol. The van der Waals surface area contributed by atoms with Crippen molar-refractivity contribution in [3.63, 3.8) is 0 Å². The third-order valence-corrected chi connectivity index (χ3v) is 5.97. The Morgan fingerprint density at radius 3 is 2.46 bits per heavy atom. The first-order chi connectivity index (χ1) is 16.8. The Balaban J connectivity index is 1.84. The highest BCUT2D eigenvalue weighted by Gasteiger charge is 2.28. The Morgan fingerprint density at radius 2 is 1.80 bits per heavy atom. The van der Waals surface area contributed by atoms with Crippen LogP contribution in [0.2, 0.25) is 5.02 Å². The molecule has 1 aromatic heterocycles. The van der Waals surface area contributed by atoms with Gasteiger partial charge in [-0.05, 0) is 61.9 Å². The van der Waals surface area contributed by atoms with E-state index in [4.69, 9.17) is 16.6 Å². The number of carbonyl (C=O) groups excluding carboxylic acids is 1. The molecule has 0 aliphatic carbocycles. The molecule has 1 N–H and O–H groups in total. The van der Waals surface area contributed by atoms with E-state index in [-0.39, 0.29) is 17.8 Å². The normalized spacial score (nSPS) is 11.9. The molecule has 0 radical (unpaired) electrons. The first-order valence-electron chi connectivity index (χ1n) is 11.1. The molecule has 0 spiro atoms. The zero-order valence-electron chi connectivity index (χ0n) is 19.1. The largest absolute Gasteiger partial charge is 0.322 e. The van der Waals surface area contributed by atoms with Gasteiger partial charge in [0.25, 0.3) is 5.56 Å². The summed E-state index contributed by atoms with van der Waals surface area (Å²) < 4.78 is 29.0. The predicted molar refractivity (Wildman–Crippen MR) is 133 cm³/mol. The van der Waals surface area contributed by atoms with Crippen LogP contribution in [0.25, 0.3) is 16.6 Å². The van der Waals surface area contributed by atoms with E-state index < -0.39 is 23.7 Å². The molecular formula is C26H23ClF2N4O2. The Hall–Kier alpha value is -3.78. The summed E-state index contributed by atoms with van der Waals surface area (Å²) >= 11 is 6.06. The molecule has 2 amide bonds. The van der Waals surface area contributed by atoms with Crippen molar-refractivity contribution in [1.82, 2.24) is 14.5 Å². The van der Waals surface area contributed by atoms with Gasteiger partial charge in [0.15, 0.2) is 0 Å². The Labute approximate surface area is 205 Å². The van der Waals surface area contributed by atoms with Crippen LogP contribution in [-0.4, -0.2) is 27.0 Å². The van der Waals surface area contributed by atoms with Crippen molar-refractivity contribution in [2.45, 2.75) is 26.3 Å². The quantitative estimate of drug-likeness (QED) is 0.339. The fourth-order valence-electron chi connectivity index (χ4n) is 4.04. The highest BCUT2D eigenvalue weighted by molar-refractivity contribution is 6.30. The van der Waals surface area contributed by atoms with Gasteiger partial charge in [0.2, 0.25) is 0 Å². The second-order valence-electron chi connectivity index (χ2n) is 7.87. The summed E-state index contributed by atoms with van der Waals surface area (Å²) in [7, 11) is 0. The molecule has 0 saturated carbocycles. The van der Waals surface area contributed by atoms with Gasteiger partial charge in [0, 0.05) is 17.6 Å². The maximum Gasteiger partial charge on any atom is 0.322 e. The number of hydrogen-bond donors (Lipinski definition) is 1. The molecule has 0 saturated heterocycles. The summed E-state index contributed by atoms with van der Waals surface area (Å²) in [5, 5.41) is 3.45. The fraction of sp³-hybridized carbons (Fsp3) is 0.192. The summed E-state index contributed by atoms with van der Waals surface area (Å²) in [5.74, 6) is -1.27. The number of anilines is 1. The van der Waals surface area contributed by atoms with Gasteiger partial charge in [-0.15, -0.1) is 0 Å². The van der Waals surface area contributed by atoms with Crippen LogP contribution in [0, 0.1) is 11.6 Å². The van der Waals surface area contributed by atoms with Crippen LogP contribution >= 0.6 is 11.6 Å². The number of benzene rings is 3. The molecule has 35 heavy (non-hydrogen) atoms. The number of halogens is 3. The summed E-state index contributed by atoms with van der Waals surface area (Å²) in [5.41, 5.74) is 0.614. The summed E-state index contributed by atoms with van der Waals surface area (Å²) in [6, 6.07) is 15.4. The van der Waals surface area contributed by atoms with E-state index in [1.165, 1.54) is 9.47 Å². The van der Waals surface area contributed by atoms with E-state index in [0.717, 1.165) is 12.1 Å². The van der Waals surface area contributed by atoms with E-state index >= 15 is 0 Å². The van der Waals surface area contributed by atoms with E-state index in [2.05, 4.69) is 5.32 Å². The molecular weight excluding hydrogens is 474 g/mol. The average molecular weight is 497 g/mol. The van der Waals surface area contributed by atoms with Gasteiger partial charge in [-0.2, -0.15) is 0 Å². The topological polar surface area (TPSA) is 67.2 Å². The summed E-state index contributed by atoms with van der Waals surface area (Å²) in [6.07, 6.45) is 0.422. The predicted octanol–water partition coefficient (Wildman–Crippen LogP) is 6.32. The maximum atomic E-state index is 14.2. The van der Waals surface area contributed by atoms with Crippen LogP contribution in [0.3, 0.4) is 0 Å². The minimum Gasteiger partial charge on any atom is -0.315 e. The fourth-order valence-corrected chi connectivity index (χ4v) is 4.16. The minimum absolute atomic E-state index is 0.147. The van der Waals surface area contributed by atoms with Crippen molar-refractivity contribution in [3.05, 3.63) is 99.6 Å². The van der Waals surface area contributed by atoms with Gasteiger partial charge in [-0.3, -0.25) is 9.36 Å². The van der Waals surface area contributed by atoms with Crippen molar-refractivity contribution in [1.29, 1.82) is 0 Å². The number of rotatable bonds is 6. The lowest BCUT2D eigenvalue weighted by Gasteiger charge is -2.31. The van der Waals surface area contributed by atoms with Crippen LogP contribution in [-0.2, 0) is 0 Å². The summed E-state index contributed by atoms with van der Waals surface area (Å²) in [6.45, 7) is 3.89. The molecule has 180 valence electrons. The van der Waals surface area contributed by atoms with Crippen LogP contribution < -0.4 is 10.9 Å². The van der Waals surface area contributed by atoms with Gasteiger partial charge in [-0.1, -0.05) is 30.7 Å². The lowest BCUT2D eigenvalue weighted by atomic mass is 10.1. The van der Waals surface area contributed by atoms with Gasteiger partial charge in [0.1, 0.15) is 17.5 Å². The van der Waals surface area contributed by atoms with Gasteiger partial charge in [-0.25, -0.2) is 18.6 Å². The Kier molecular flexibility index (Phi) is 7.12. The lowest BCUT2D eigenvalue weighted by Crippen LogP contribution is -2.40. The number of nitrogens with one attached hydrogen (secondary N) is 1. The molecule has 0 aliphatic rings. The molecule has 0 bridgehead atoms. The van der Waals surface area contributed by atoms with E-state index in [9.17, 15) is 18.4 Å². The maximum absolute atomic E-state index is 14.2. The van der Waals surface area contributed by atoms with Crippen molar-refractivity contribution in [2.24, 2.45) is 0 Å². The highest BCUT2D eigenvalue weighted by atomic mass is 35.5. The van der Waals surface area contributed by atoms with Gasteiger partial charge in [0.05, 0.1) is 28.3 Å². The van der Waals surface area contributed by atoms with Crippen molar-refractivity contribution in [2.75, 3.05) is 11.9 Å². The van der Waals surface area contributed by atoms with E-state index in [1.807, 2.05) is 6.92 Å². The van der Waals surface area contributed by atoms with E-state index in [0.29, 0.717) is 39.9 Å². The number of carbonyl (C=O) groups is 1. The molecule has 3 aromatic carbocycles. The van der Waals surface area contributed by atoms with Crippen molar-refractivity contribution >= 4 is 34.2 Å². The lowest BCUT2D eigenvalue weighted by molar-refractivity contribution is 0.185. The van der Waals surface area contributed by atoms with Crippen LogP contribution in [0.4, 0.5) is 19.3 Å². The second-order valence-corrected chi connectivity index (χ2v) is 8.30. The molecule has 0 aliphatic heterocycles. The first kappa shape index (κ1) is 24.3. The van der Waals surface area contributed by atoms with Gasteiger partial charge < -0.3 is 10.2 Å². The van der Waals surface area contributed by atoms with Crippen LogP contribution in [0.15, 0.2) is 71.5 Å². The zero-order valence-corrected chi connectivity index (χ0v) is 19.9. The smallest absolute Gasteiger partial charge is 0.315 e. The number of fused-ring (bicyclic) bond motifs is 1. The number of urea groups is 1. The zero-order chi connectivity index (χ0) is 25.1. The number of aromatic nitrogens is 2. The third kappa shape index (κ3) is 4.88. The molecule has 4 aromatic rings.